The molecular weight excluding hydrogens is 326 g/mol. The van der Waals surface area contributed by atoms with Crippen molar-refractivity contribution in [1.82, 2.24) is 9.88 Å². The van der Waals surface area contributed by atoms with Crippen molar-refractivity contribution < 1.29 is 9.90 Å². The normalized spacial score (nSPS) is 16.7. The van der Waals surface area contributed by atoms with Gasteiger partial charge in [-0.25, -0.2) is 4.98 Å². The molecule has 1 fully saturated rings. The van der Waals surface area contributed by atoms with E-state index < -0.39 is 0 Å². The van der Waals surface area contributed by atoms with Crippen LogP contribution in [0.4, 0.5) is 5.82 Å². The molecule has 1 aliphatic heterocycles. The van der Waals surface area contributed by atoms with Crippen molar-refractivity contribution in [2.24, 2.45) is 5.92 Å². The molecule has 0 aliphatic carbocycles. The van der Waals surface area contributed by atoms with Crippen LogP contribution in [0.1, 0.15) is 34.8 Å². The van der Waals surface area contributed by atoms with Crippen LogP contribution in [-0.2, 0) is 13.0 Å². The summed E-state index contributed by atoms with van der Waals surface area (Å²) in [6, 6.07) is 12.0. The second-order valence-electron chi connectivity index (χ2n) is 7.00. The molecule has 5 nitrogen and oxygen atoms in total. The van der Waals surface area contributed by atoms with Crippen LogP contribution >= 0.6 is 0 Å². The Kier molecular flexibility index (Phi) is 5.89. The van der Waals surface area contributed by atoms with Crippen molar-refractivity contribution in [3.8, 4) is 0 Å². The van der Waals surface area contributed by atoms with Gasteiger partial charge in [-0.3, -0.25) is 4.79 Å². The predicted molar refractivity (Wildman–Crippen MR) is 103 cm³/mol. The van der Waals surface area contributed by atoms with Gasteiger partial charge in [-0.15, -0.1) is 0 Å². The summed E-state index contributed by atoms with van der Waals surface area (Å²) in [5.74, 6) is 1.56. The molecule has 1 atom stereocenters. The van der Waals surface area contributed by atoms with E-state index in [-0.39, 0.29) is 12.5 Å². The van der Waals surface area contributed by atoms with Gasteiger partial charge in [0.25, 0.3) is 5.91 Å². The van der Waals surface area contributed by atoms with Crippen molar-refractivity contribution in [1.29, 1.82) is 0 Å². The number of nitrogens with zero attached hydrogens (tertiary/aromatic N) is 3. The summed E-state index contributed by atoms with van der Waals surface area (Å²) in [6.07, 6.45) is 3.87. The number of carbonyl (C=O) groups excluding carboxylic acids is 1. The number of aliphatic hydroxyl groups excluding tert-OH is 1. The fourth-order valence-electron chi connectivity index (χ4n) is 3.39. The number of carbonyl (C=O) groups is 1. The van der Waals surface area contributed by atoms with Gasteiger partial charge in [0.1, 0.15) is 5.82 Å². The molecule has 1 aromatic carbocycles. The molecule has 2 aromatic rings. The third kappa shape index (κ3) is 4.22. The molecule has 0 radical (unpaired) electrons. The zero-order chi connectivity index (χ0) is 18.5. The number of amides is 1. The number of aromatic nitrogens is 1. The summed E-state index contributed by atoms with van der Waals surface area (Å²) < 4.78 is 0. The largest absolute Gasteiger partial charge is 0.392 e. The Bertz CT molecular complexity index is 728. The van der Waals surface area contributed by atoms with Crippen molar-refractivity contribution in [2.75, 3.05) is 31.6 Å². The number of pyridine rings is 1. The second-order valence-corrected chi connectivity index (χ2v) is 7.00. The lowest BCUT2D eigenvalue weighted by atomic mass is 9.98. The number of rotatable bonds is 6. The summed E-state index contributed by atoms with van der Waals surface area (Å²) in [4.78, 5) is 20.7. The van der Waals surface area contributed by atoms with Gasteiger partial charge >= 0.3 is 0 Å². The number of hydrogen-bond acceptors (Lipinski definition) is 4. The highest BCUT2D eigenvalue weighted by Gasteiger charge is 2.24. The molecule has 2 heterocycles. The summed E-state index contributed by atoms with van der Waals surface area (Å²) in [5, 5.41) is 9.13. The molecule has 3 rings (SSSR count). The Hall–Kier alpha value is -2.40. The minimum absolute atomic E-state index is 0.0113. The van der Waals surface area contributed by atoms with E-state index in [0.29, 0.717) is 18.0 Å². The molecule has 138 valence electrons. The lowest BCUT2D eigenvalue weighted by molar-refractivity contribution is 0.0802. The molecule has 0 unspecified atom stereocenters. The molecule has 5 heteroatoms. The first-order valence-electron chi connectivity index (χ1n) is 9.25. The average molecular weight is 353 g/mol. The van der Waals surface area contributed by atoms with Gasteiger partial charge < -0.3 is 14.9 Å². The highest BCUT2D eigenvalue weighted by Crippen LogP contribution is 2.25. The molecule has 1 saturated heterocycles. The molecule has 0 bridgehead atoms. The van der Waals surface area contributed by atoms with Gasteiger partial charge in [-0.2, -0.15) is 0 Å². The molecule has 1 aromatic heterocycles. The lowest BCUT2D eigenvalue weighted by Crippen LogP contribution is -2.26. The minimum Gasteiger partial charge on any atom is -0.392 e. The van der Waals surface area contributed by atoms with E-state index in [1.807, 2.05) is 31.2 Å². The van der Waals surface area contributed by atoms with Crippen LogP contribution in [-0.4, -0.2) is 47.6 Å². The first-order chi connectivity index (χ1) is 12.6. The molecule has 26 heavy (non-hydrogen) atoms. The van der Waals surface area contributed by atoms with Crippen LogP contribution in [0.25, 0.3) is 0 Å². The van der Waals surface area contributed by atoms with Gasteiger partial charge in [0.05, 0.1) is 12.2 Å². The van der Waals surface area contributed by atoms with Crippen LogP contribution < -0.4 is 4.90 Å². The van der Waals surface area contributed by atoms with E-state index in [2.05, 4.69) is 22.0 Å². The van der Waals surface area contributed by atoms with Crippen LogP contribution in [0.3, 0.4) is 0 Å². The van der Waals surface area contributed by atoms with E-state index >= 15 is 0 Å². The van der Waals surface area contributed by atoms with Gasteiger partial charge in [-0.1, -0.05) is 24.3 Å². The predicted octanol–water partition coefficient (Wildman–Crippen LogP) is 2.73. The quantitative estimate of drug-likeness (QED) is 0.868. The average Bonchev–Trinajstić information content (AvgIpc) is 3.16. The van der Waals surface area contributed by atoms with Gasteiger partial charge in [0.15, 0.2) is 0 Å². The number of anilines is 1. The monoisotopic (exact) mass is 353 g/mol. The molecule has 1 aliphatic rings. The highest BCUT2D eigenvalue weighted by molar-refractivity contribution is 5.93. The topological polar surface area (TPSA) is 56.7 Å². The van der Waals surface area contributed by atoms with E-state index in [1.165, 1.54) is 5.56 Å². The first kappa shape index (κ1) is 18.4. The van der Waals surface area contributed by atoms with Crippen molar-refractivity contribution >= 4 is 11.7 Å². The Balaban J connectivity index is 1.58. The Morgan fingerprint density at radius 3 is 2.58 bits per heavy atom. The number of benzene rings is 1. The standard InChI is InChI=1S/C21H27N3O2/c1-3-23(2)21(26)19-8-9-20(22-13-19)24-11-10-18(14-24)12-16-4-6-17(15-25)7-5-16/h4-9,13,18,25H,3,10-12,14-15H2,1-2H3/t18-/m0/s1. The van der Waals surface area contributed by atoms with Crippen molar-refractivity contribution in [2.45, 2.75) is 26.4 Å². The molecule has 0 saturated carbocycles. The second kappa shape index (κ2) is 8.32. The maximum Gasteiger partial charge on any atom is 0.255 e. The fraction of sp³-hybridized carbons (Fsp3) is 0.429. The Labute approximate surface area is 155 Å². The summed E-state index contributed by atoms with van der Waals surface area (Å²) in [5.41, 5.74) is 2.90. The molecule has 0 spiro atoms. The van der Waals surface area contributed by atoms with E-state index in [0.717, 1.165) is 37.3 Å². The zero-order valence-corrected chi connectivity index (χ0v) is 15.6. The van der Waals surface area contributed by atoms with E-state index in [4.69, 9.17) is 5.11 Å². The zero-order valence-electron chi connectivity index (χ0n) is 15.6. The summed E-state index contributed by atoms with van der Waals surface area (Å²) in [7, 11) is 1.80. The minimum atomic E-state index is 0.0113. The summed E-state index contributed by atoms with van der Waals surface area (Å²) in [6.45, 7) is 4.72. The third-order valence-corrected chi connectivity index (χ3v) is 5.16. The Morgan fingerprint density at radius 2 is 1.96 bits per heavy atom. The SMILES string of the molecule is CCN(C)C(=O)c1ccc(N2CC[C@@H](Cc3ccc(CO)cc3)C2)nc1. The fourth-order valence-corrected chi connectivity index (χ4v) is 3.39. The number of aliphatic hydroxyl groups is 1. The van der Waals surface area contributed by atoms with E-state index in [1.54, 1.807) is 18.1 Å². The van der Waals surface area contributed by atoms with Crippen molar-refractivity contribution in [3.63, 3.8) is 0 Å². The summed E-state index contributed by atoms with van der Waals surface area (Å²) >= 11 is 0. The maximum atomic E-state index is 12.2. The lowest BCUT2D eigenvalue weighted by Gasteiger charge is -2.19. The van der Waals surface area contributed by atoms with Crippen LogP contribution in [0.5, 0.6) is 0 Å². The van der Waals surface area contributed by atoms with Crippen molar-refractivity contribution in [3.05, 3.63) is 59.3 Å². The van der Waals surface area contributed by atoms with Crippen LogP contribution in [0, 0.1) is 5.92 Å². The van der Waals surface area contributed by atoms with Gasteiger partial charge in [0.2, 0.25) is 0 Å². The molecule has 1 amide bonds. The molecular formula is C21H27N3O2. The number of hydrogen-bond donors (Lipinski definition) is 1. The van der Waals surface area contributed by atoms with Gasteiger partial charge in [0, 0.05) is 32.9 Å². The molecule has 1 N–H and O–H groups in total. The van der Waals surface area contributed by atoms with Crippen LogP contribution in [0.15, 0.2) is 42.6 Å². The van der Waals surface area contributed by atoms with Gasteiger partial charge in [-0.05, 0) is 48.9 Å². The smallest absolute Gasteiger partial charge is 0.255 e. The van der Waals surface area contributed by atoms with Crippen LogP contribution in [0.2, 0.25) is 0 Å². The maximum absolute atomic E-state index is 12.2. The van der Waals surface area contributed by atoms with E-state index in [9.17, 15) is 4.79 Å². The Morgan fingerprint density at radius 1 is 1.23 bits per heavy atom. The third-order valence-electron chi connectivity index (χ3n) is 5.16. The first-order valence-corrected chi connectivity index (χ1v) is 9.25. The highest BCUT2D eigenvalue weighted by atomic mass is 16.3.